The van der Waals surface area contributed by atoms with Crippen molar-refractivity contribution in [2.45, 2.75) is 69.7 Å². The largest absolute Gasteiger partial charge is 0.394 e. The molecule has 7 nitrogen and oxygen atoms in total. The van der Waals surface area contributed by atoms with Gasteiger partial charge in [-0.1, -0.05) is 13.8 Å². The van der Waals surface area contributed by atoms with Gasteiger partial charge in [0, 0.05) is 38.8 Å². The molecule has 4 N–H and O–H groups in total. The monoisotopic (exact) mass is 356 g/mol. The fourth-order valence-corrected chi connectivity index (χ4v) is 4.44. The van der Waals surface area contributed by atoms with Crippen LogP contribution in [-0.2, 0) is 4.74 Å². The fraction of sp³-hybridized carbons (Fsp3) is 1.00. The molecule has 3 aliphatic heterocycles. The molecule has 0 aromatic heterocycles. The van der Waals surface area contributed by atoms with Crippen LogP contribution >= 0.6 is 0 Å². The molecule has 0 saturated carbocycles. The van der Waals surface area contributed by atoms with E-state index in [-0.39, 0.29) is 18.8 Å². The van der Waals surface area contributed by atoms with Gasteiger partial charge in [-0.25, -0.2) is 0 Å². The second-order valence-electron chi connectivity index (χ2n) is 7.98. The quantitative estimate of drug-likeness (QED) is 0.496. The lowest BCUT2D eigenvalue weighted by Crippen LogP contribution is -2.61. The second kappa shape index (κ2) is 9.08. The number of ether oxygens (including phenoxy) is 1. The molecule has 3 rings (SSSR count). The zero-order valence-electron chi connectivity index (χ0n) is 15.7. The molecule has 25 heavy (non-hydrogen) atoms. The number of aliphatic hydroxyl groups excluding tert-OH is 2. The fourth-order valence-electron chi connectivity index (χ4n) is 4.44. The van der Waals surface area contributed by atoms with E-state index < -0.39 is 12.2 Å². The zero-order chi connectivity index (χ0) is 17.8. The Balaban J connectivity index is 1.56. The van der Waals surface area contributed by atoms with Gasteiger partial charge in [0.15, 0.2) is 0 Å². The van der Waals surface area contributed by atoms with Crippen LogP contribution in [0.3, 0.4) is 0 Å². The minimum atomic E-state index is -0.622. The summed E-state index contributed by atoms with van der Waals surface area (Å²) in [6, 6.07) is 0.341. The smallest absolute Gasteiger partial charge is 0.109 e. The van der Waals surface area contributed by atoms with Crippen molar-refractivity contribution in [2.24, 2.45) is 0 Å². The minimum absolute atomic E-state index is 0.0372. The van der Waals surface area contributed by atoms with Crippen molar-refractivity contribution in [2.75, 3.05) is 45.9 Å². The van der Waals surface area contributed by atoms with Gasteiger partial charge in [0.2, 0.25) is 0 Å². The molecule has 5 unspecified atom stereocenters. The zero-order valence-corrected chi connectivity index (χ0v) is 15.7. The van der Waals surface area contributed by atoms with Crippen LogP contribution in [0, 0.1) is 0 Å². The number of rotatable bonds is 6. The normalized spacial score (nSPS) is 38.5. The molecule has 0 radical (unpaired) electrons. The maximum atomic E-state index is 10.7. The van der Waals surface area contributed by atoms with Gasteiger partial charge in [0.05, 0.1) is 24.9 Å². The summed E-state index contributed by atoms with van der Waals surface area (Å²) in [4.78, 5) is 4.91. The highest BCUT2D eigenvalue weighted by Crippen LogP contribution is 2.27. The number of piperazine rings is 1. The molecule has 5 atom stereocenters. The van der Waals surface area contributed by atoms with Crippen molar-refractivity contribution >= 4 is 0 Å². The molecule has 3 heterocycles. The van der Waals surface area contributed by atoms with Crippen molar-refractivity contribution in [1.82, 2.24) is 20.4 Å². The third kappa shape index (κ3) is 4.71. The maximum Gasteiger partial charge on any atom is 0.109 e. The van der Waals surface area contributed by atoms with E-state index in [4.69, 9.17) is 4.74 Å². The maximum absolute atomic E-state index is 10.7. The van der Waals surface area contributed by atoms with Crippen molar-refractivity contribution in [3.8, 4) is 0 Å². The van der Waals surface area contributed by atoms with Crippen molar-refractivity contribution in [1.29, 1.82) is 0 Å². The van der Waals surface area contributed by atoms with Gasteiger partial charge in [-0.3, -0.25) is 9.80 Å². The van der Waals surface area contributed by atoms with E-state index in [2.05, 4.69) is 34.3 Å². The predicted molar refractivity (Wildman–Crippen MR) is 97.5 cm³/mol. The van der Waals surface area contributed by atoms with E-state index in [9.17, 15) is 10.2 Å². The molecule has 0 spiro atoms. The lowest BCUT2D eigenvalue weighted by atomic mass is 10.0. The highest BCUT2D eigenvalue weighted by molar-refractivity contribution is 4.99. The minimum Gasteiger partial charge on any atom is -0.394 e. The van der Waals surface area contributed by atoms with Crippen LogP contribution in [0.5, 0.6) is 0 Å². The van der Waals surface area contributed by atoms with Crippen LogP contribution < -0.4 is 10.6 Å². The number of nitrogens with zero attached hydrogens (tertiary/aromatic N) is 2. The highest BCUT2D eigenvalue weighted by atomic mass is 16.5. The Morgan fingerprint density at radius 2 is 1.84 bits per heavy atom. The summed E-state index contributed by atoms with van der Waals surface area (Å²) < 4.78 is 5.95. The lowest BCUT2D eigenvalue weighted by Gasteiger charge is -2.44. The van der Waals surface area contributed by atoms with E-state index in [1.807, 2.05) is 0 Å². The van der Waals surface area contributed by atoms with E-state index in [1.165, 1.54) is 19.3 Å². The van der Waals surface area contributed by atoms with Crippen LogP contribution in [0.1, 0.15) is 33.1 Å². The van der Waals surface area contributed by atoms with E-state index in [0.717, 1.165) is 32.7 Å². The molecule has 3 aliphatic rings. The average molecular weight is 357 g/mol. The first kappa shape index (κ1) is 19.5. The molecular formula is C18H36N4O3. The average Bonchev–Trinajstić information content (AvgIpc) is 2.96. The van der Waals surface area contributed by atoms with Gasteiger partial charge < -0.3 is 25.6 Å². The van der Waals surface area contributed by atoms with Crippen molar-refractivity contribution in [3.05, 3.63) is 0 Å². The van der Waals surface area contributed by atoms with Crippen molar-refractivity contribution < 1.29 is 14.9 Å². The Labute approximate surface area is 151 Å². The summed E-state index contributed by atoms with van der Waals surface area (Å²) in [5, 5.41) is 27.2. The van der Waals surface area contributed by atoms with Gasteiger partial charge in [-0.2, -0.15) is 0 Å². The summed E-state index contributed by atoms with van der Waals surface area (Å²) in [7, 11) is 0. The first-order chi connectivity index (χ1) is 12.1. The SMILES string of the molecule is CC(C)NCC1OC(CO)C(O)C1N1CCN(C2CCCCN2)CC1. The Morgan fingerprint density at radius 3 is 2.44 bits per heavy atom. The summed E-state index contributed by atoms with van der Waals surface area (Å²) in [5.74, 6) is 0. The first-order valence-electron chi connectivity index (χ1n) is 9.99. The topological polar surface area (TPSA) is 80.2 Å². The third-order valence-corrected chi connectivity index (χ3v) is 5.86. The highest BCUT2D eigenvalue weighted by Gasteiger charge is 2.46. The van der Waals surface area contributed by atoms with Gasteiger partial charge >= 0.3 is 0 Å². The second-order valence-corrected chi connectivity index (χ2v) is 7.98. The molecular weight excluding hydrogens is 320 g/mol. The molecule has 7 heteroatoms. The predicted octanol–water partition coefficient (Wildman–Crippen LogP) is -0.809. The van der Waals surface area contributed by atoms with Crippen LogP contribution in [0.15, 0.2) is 0 Å². The van der Waals surface area contributed by atoms with Gasteiger partial charge in [0.25, 0.3) is 0 Å². The summed E-state index contributed by atoms with van der Waals surface area (Å²) in [6.07, 6.45) is 3.19. The molecule has 0 amide bonds. The lowest BCUT2D eigenvalue weighted by molar-refractivity contribution is -0.0216. The third-order valence-electron chi connectivity index (χ3n) is 5.86. The molecule has 3 fully saturated rings. The number of nitrogens with one attached hydrogen (secondary N) is 2. The Bertz CT molecular complexity index is 398. The molecule has 3 saturated heterocycles. The van der Waals surface area contributed by atoms with Gasteiger partial charge in [-0.15, -0.1) is 0 Å². The number of hydrogen-bond acceptors (Lipinski definition) is 7. The molecule has 146 valence electrons. The van der Waals surface area contributed by atoms with Gasteiger partial charge in [-0.05, 0) is 25.8 Å². The summed E-state index contributed by atoms with van der Waals surface area (Å²) in [6.45, 7) is 9.87. The Hall–Kier alpha value is -0.280. The van der Waals surface area contributed by atoms with Crippen LogP contribution in [0.4, 0.5) is 0 Å². The standard InChI is InChI=1S/C18H36N4O3/c1-13(2)20-11-14-17(18(24)15(12-23)25-14)22-9-7-21(8-10-22)16-5-3-4-6-19-16/h13-20,23-24H,3-12H2,1-2H3. The number of hydrogen-bond donors (Lipinski definition) is 4. The summed E-state index contributed by atoms with van der Waals surface area (Å²) in [5.41, 5.74) is 0. The van der Waals surface area contributed by atoms with Gasteiger partial charge in [0.1, 0.15) is 12.2 Å². The van der Waals surface area contributed by atoms with E-state index >= 15 is 0 Å². The number of piperidine rings is 1. The van der Waals surface area contributed by atoms with Crippen LogP contribution in [-0.4, -0.2) is 102 Å². The van der Waals surface area contributed by atoms with E-state index in [0.29, 0.717) is 18.8 Å². The summed E-state index contributed by atoms with van der Waals surface area (Å²) >= 11 is 0. The number of aliphatic hydroxyl groups is 2. The van der Waals surface area contributed by atoms with Crippen LogP contribution in [0.25, 0.3) is 0 Å². The molecule has 0 aromatic carbocycles. The molecule has 0 aromatic rings. The Morgan fingerprint density at radius 1 is 1.12 bits per heavy atom. The molecule has 0 bridgehead atoms. The first-order valence-corrected chi connectivity index (χ1v) is 9.99. The van der Waals surface area contributed by atoms with Crippen LogP contribution in [0.2, 0.25) is 0 Å². The van der Waals surface area contributed by atoms with E-state index in [1.54, 1.807) is 0 Å². The molecule has 0 aliphatic carbocycles. The van der Waals surface area contributed by atoms with Crippen molar-refractivity contribution in [3.63, 3.8) is 0 Å². The Kier molecular flexibility index (Phi) is 7.08.